The van der Waals surface area contributed by atoms with Gasteiger partial charge in [-0.15, -0.1) is 0 Å². The van der Waals surface area contributed by atoms with Crippen molar-refractivity contribution in [2.75, 3.05) is 33.4 Å². The Kier molecular flexibility index (Phi) is 4.74. The number of nitrogens with two attached hydrogens (primary N) is 1. The molecule has 1 fully saturated rings. The number of nitrogens with zero attached hydrogens (tertiary/aromatic N) is 1. The van der Waals surface area contributed by atoms with E-state index >= 15 is 0 Å². The predicted octanol–water partition coefficient (Wildman–Crippen LogP) is 0.856. The average Bonchev–Trinajstić information content (AvgIpc) is 3.06. The zero-order valence-electron chi connectivity index (χ0n) is 10.7. The molecular formula is C12H24N2O2. The zero-order valence-corrected chi connectivity index (χ0v) is 10.7. The van der Waals surface area contributed by atoms with Gasteiger partial charge >= 0.3 is 0 Å². The second kappa shape index (κ2) is 5.64. The Hall–Kier alpha value is -0.610. The highest BCUT2D eigenvalue weighted by atomic mass is 16.5. The summed E-state index contributed by atoms with van der Waals surface area (Å²) in [6.07, 6.45) is 2.60. The number of carbonyl (C=O) groups excluding carboxylic acids is 1. The molecule has 1 aliphatic carbocycles. The van der Waals surface area contributed by atoms with Gasteiger partial charge in [0.25, 0.3) is 0 Å². The third-order valence-electron chi connectivity index (χ3n) is 3.06. The summed E-state index contributed by atoms with van der Waals surface area (Å²) >= 11 is 0. The second-order valence-corrected chi connectivity index (χ2v) is 5.33. The zero-order chi connectivity index (χ0) is 12.2. The molecule has 0 aromatic heterocycles. The lowest BCUT2D eigenvalue weighted by Gasteiger charge is -2.28. The van der Waals surface area contributed by atoms with E-state index < -0.39 is 5.41 Å². The van der Waals surface area contributed by atoms with Crippen molar-refractivity contribution >= 4 is 5.91 Å². The van der Waals surface area contributed by atoms with Crippen LogP contribution in [0.15, 0.2) is 0 Å². The van der Waals surface area contributed by atoms with E-state index in [1.54, 1.807) is 11.9 Å². The summed E-state index contributed by atoms with van der Waals surface area (Å²) in [5, 5.41) is 0. The maximum Gasteiger partial charge on any atom is 0.229 e. The molecule has 0 aromatic rings. The van der Waals surface area contributed by atoms with E-state index in [0.29, 0.717) is 19.7 Å². The molecule has 1 aliphatic rings. The van der Waals surface area contributed by atoms with Crippen LogP contribution >= 0.6 is 0 Å². The van der Waals surface area contributed by atoms with Crippen molar-refractivity contribution in [3.8, 4) is 0 Å². The van der Waals surface area contributed by atoms with Crippen LogP contribution in [0, 0.1) is 11.3 Å². The molecule has 0 spiro atoms. The number of likely N-dealkylation sites (N-methyl/N-ethyl adjacent to an activating group) is 1. The number of amides is 1. The fourth-order valence-corrected chi connectivity index (χ4v) is 1.44. The summed E-state index contributed by atoms with van der Waals surface area (Å²) < 4.78 is 5.50. The molecule has 0 atom stereocenters. The van der Waals surface area contributed by atoms with Crippen molar-refractivity contribution in [3.05, 3.63) is 0 Å². The molecule has 94 valence electrons. The quantitative estimate of drug-likeness (QED) is 0.657. The van der Waals surface area contributed by atoms with E-state index in [0.717, 1.165) is 12.5 Å². The molecule has 0 radical (unpaired) electrons. The highest BCUT2D eigenvalue weighted by molar-refractivity contribution is 5.81. The molecule has 0 unspecified atom stereocenters. The van der Waals surface area contributed by atoms with Crippen LogP contribution in [0.4, 0.5) is 0 Å². The van der Waals surface area contributed by atoms with Crippen molar-refractivity contribution in [2.45, 2.75) is 26.7 Å². The first-order chi connectivity index (χ1) is 7.47. The van der Waals surface area contributed by atoms with Gasteiger partial charge in [0.1, 0.15) is 0 Å². The fourth-order valence-electron chi connectivity index (χ4n) is 1.44. The Morgan fingerprint density at radius 1 is 1.50 bits per heavy atom. The van der Waals surface area contributed by atoms with Crippen LogP contribution in [0.1, 0.15) is 26.7 Å². The molecule has 0 saturated heterocycles. The smallest absolute Gasteiger partial charge is 0.229 e. The molecule has 4 nitrogen and oxygen atoms in total. The SMILES string of the molecule is CN(CCOCC1CC1)C(=O)C(C)(C)CN. The first kappa shape index (κ1) is 13.5. The van der Waals surface area contributed by atoms with Gasteiger partial charge in [0.15, 0.2) is 0 Å². The Balaban J connectivity index is 2.17. The summed E-state index contributed by atoms with van der Waals surface area (Å²) in [5.41, 5.74) is 5.10. The molecule has 1 amide bonds. The van der Waals surface area contributed by atoms with E-state index in [-0.39, 0.29) is 5.91 Å². The van der Waals surface area contributed by atoms with Gasteiger partial charge < -0.3 is 15.4 Å². The first-order valence-corrected chi connectivity index (χ1v) is 6.01. The highest BCUT2D eigenvalue weighted by Crippen LogP contribution is 2.28. The van der Waals surface area contributed by atoms with E-state index in [4.69, 9.17) is 10.5 Å². The maximum absolute atomic E-state index is 11.9. The lowest BCUT2D eigenvalue weighted by atomic mass is 9.92. The number of carbonyl (C=O) groups is 1. The van der Waals surface area contributed by atoms with E-state index in [1.807, 2.05) is 13.8 Å². The summed E-state index contributed by atoms with van der Waals surface area (Å²) in [6, 6.07) is 0. The van der Waals surface area contributed by atoms with Gasteiger partial charge in [-0.1, -0.05) is 0 Å². The largest absolute Gasteiger partial charge is 0.379 e. The van der Waals surface area contributed by atoms with Crippen LogP contribution in [0.2, 0.25) is 0 Å². The van der Waals surface area contributed by atoms with Crippen LogP contribution in [-0.2, 0) is 9.53 Å². The average molecular weight is 228 g/mol. The minimum absolute atomic E-state index is 0.0880. The molecule has 0 bridgehead atoms. The van der Waals surface area contributed by atoms with Crippen LogP contribution in [0.5, 0.6) is 0 Å². The lowest BCUT2D eigenvalue weighted by molar-refractivity contribution is -0.139. The Labute approximate surface area is 98.1 Å². The van der Waals surface area contributed by atoms with Crippen LogP contribution in [-0.4, -0.2) is 44.2 Å². The van der Waals surface area contributed by atoms with Crippen molar-refractivity contribution in [1.29, 1.82) is 0 Å². The summed E-state index contributed by atoms with van der Waals surface area (Å²) in [5.74, 6) is 0.867. The van der Waals surface area contributed by atoms with Gasteiger partial charge in [-0.25, -0.2) is 0 Å². The molecule has 1 saturated carbocycles. The predicted molar refractivity (Wildman–Crippen MR) is 64.0 cm³/mol. The van der Waals surface area contributed by atoms with E-state index in [9.17, 15) is 4.79 Å². The standard InChI is InChI=1S/C12H24N2O2/c1-12(2,9-13)11(15)14(3)6-7-16-8-10-4-5-10/h10H,4-9,13H2,1-3H3. The van der Waals surface area contributed by atoms with Crippen molar-refractivity contribution in [1.82, 2.24) is 4.90 Å². The van der Waals surface area contributed by atoms with Crippen LogP contribution in [0.25, 0.3) is 0 Å². The second-order valence-electron chi connectivity index (χ2n) is 5.33. The molecule has 16 heavy (non-hydrogen) atoms. The molecular weight excluding hydrogens is 204 g/mol. The number of hydrogen-bond acceptors (Lipinski definition) is 3. The van der Waals surface area contributed by atoms with Crippen molar-refractivity contribution < 1.29 is 9.53 Å². The van der Waals surface area contributed by atoms with E-state index in [1.165, 1.54) is 12.8 Å². The van der Waals surface area contributed by atoms with Gasteiger partial charge in [0.2, 0.25) is 5.91 Å². The summed E-state index contributed by atoms with van der Waals surface area (Å²) in [7, 11) is 1.81. The third-order valence-corrected chi connectivity index (χ3v) is 3.06. The molecule has 0 aliphatic heterocycles. The normalized spacial score (nSPS) is 16.2. The van der Waals surface area contributed by atoms with Crippen LogP contribution < -0.4 is 5.73 Å². The van der Waals surface area contributed by atoms with Gasteiger partial charge in [-0.2, -0.15) is 0 Å². The minimum Gasteiger partial charge on any atom is -0.379 e. The number of rotatable bonds is 7. The molecule has 1 rings (SSSR count). The van der Waals surface area contributed by atoms with Crippen LogP contribution in [0.3, 0.4) is 0 Å². The summed E-state index contributed by atoms with van der Waals surface area (Å²) in [6.45, 7) is 6.24. The third kappa shape index (κ3) is 4.10. The van der Waals surface area contributed by atoms with Crippen molar-refractivity contribution in [3.63, 3.8) is 0 Å². The maximum atomic E-state index is 11.9. The van der Waals surface area contributed by atoms with E-state index in [2.05, 4.69) is 0 Å². The monoisotopic (exact) mass is 228 g/mol. The highest BCUT2D eigenvalue weighted by Gasteiger charge is 2.28. The van der Waals surface area contributed by atoms with Gasteiger partial charge in [-0.05, 0) is 32.6 Å². The first-order valence-electron chi connectivity index (χ1n) is 6.01. The molecule has 4 heteroatoms. The van der Waals surface area contributed by atoms with Gasteiger partial charge in [-0.3, -0.25) is 4.79 Å². The van der Waals surface area contributed by atoms with Gasteiger partial charge in [0, 0.05) is 26.7 Å². The molecule has 0 heterocycles. The minimum atomic E-state index is -0.467. The molecule has 0 aromatic carbocycles. The fraction of sp³-hybridized carbons (Fsp3) is 0.917. The number of ether oxygens (including phenoxy) is 1. The Morgan fingerprint density at radius 2 is 2.12 bits per heavy atom. The number of hydrogen-bond donors (Lipinski definition) is 1. The van der Waals surface area contributed by atoms with Crippen molar-refractivity contribution in [2.24, 2.45) is 17.1 Å². The van der Waals surface area contributed by atoms with Gasteiger partial charge in [0.05, 0.1) is 12.0 Å². The Morgan fingerprint density at radius 3 is 2.62 bits per heavy atom. The molecule has 2 N–H and O–H groups in total. The topological polar surface area (TPSA) is 55.6 Å². The summed E-state index contributed by atoms with van der Waals surface area (Å²) in [4.78, 5) is 13.6. The Bertz CT molecular complexity index is 237. The lowest BCUT2D eigenvalue weighted by Crippen LogP contribution is -2.43.